The van der Waals surface area contributed by atoms with Crippen LogP contribution < -0.4 is 0 Å². The molecule has 0 N–H and O–H groups in total. The first-order chi connectivity index (χ1) is 8.56. The van der Waals surface area contributed by atoms with Crippen LogP contribution in [-0.4, -0.2) is 8.42 Å². The Bertz CT molecular complexity index is 470. The van der Waals surface area contributed by atoms with Crippen molar-refractivity contribution in [2.75, 3.05) is 0 Å². The van der Waals surface area contributed by atoms with Crippen molar-refractivity contribution in [1.29, 1.82) is 0 Å². The van der Waals surface area contributed by atoms with Crippen LogP contribution in [0.15, 0.2) is 40.6 Å². The largest absolute Gasteiger partial charge is 0.219 e. The minimum absolute atomic E-state index is 0.373. The molecule has 0 aliphatic carbocycles. The van der Waals surface area contributed by atoms with E-state index >= 15 is 0 Å². The van der Waals surface area contributed by atoms with E-state index in [9.17, 15) is 8.42 Å². The standard InChI is InChI=1S/C15H22O2S/c1-3-4-5-6-7-8-13-18(16,17)15-11-9-14(2)10-12-15/h8-13H,3-7H2,1-2H3/b13-8+. The van der Waals surface area contributed by atoms with Gasteiger partial charge in [-0.15, -0.1) is 0 Å². The van der Waals surface area contributed by atoms with Crippen molar-refractivity contribution >= 4 is 9.84 Å². The highest BCUT2D eigenvalue weighted by Gasteiger charge is 2.08. The molecule has 0 heterocycles. The molecular formula is C15H22O2S. The topological polar surface area (TPSA) is 34.1 Å². The lowest BCUT2D eigenvalue weighted by atomic mass is 10.2. The van der Waals surface area contributed by atoms with Crippen LogP contribution in [0.3, 0.4) is 0 Å². The van der Waals surface area contributed by atoms with Gasteiger partial charge in [0.25, 0.3) is 0 Å². The molecule has 3 heteroatoms. The van der Waals surface area contributed by atoms with Gasteiger partial charge in [0.2, 0.25) is 0 Å². The van der Waals surface area contributed by atoms with Gasteiger partial charge in [0.15, 0.2) is 9.84 Å². The molecule has 100 valence electrons. The molecule has 1 rings (SSSR count). The second kappa shape index (κ2) is 7.37. The molecule has 0 aromatic heterocycles. The molecule has 0 unspecified atom stereocenters. The monoisotopic (exact) mass is 266 g/mol. The van der Waals surface area contributed by atoms with Crippen LogP contribution in [0.2, 0.25) is 0 Å². The van der Waals surface area contributed by atoms with Crippen LogP contribution in [0, 0.1) is 6.92 Å². The van der Waals surface area contributed by atoms with E-state index in [-0.39, 0.29) is 0 Å². The zero-order chi connectivity index (χ0) is 13.4. The van der Waals surface area contributed by atoms with Crippen LogP contribution in [-0.2, 0) is 9.84 Å². The molecule has 0 radical (unpaired) electrons. The number of hydrogen-bond acceptors (Lipinski definition) is 2. The number of sulfone groups is 1. The minimum Gasteiger partial charge on any atom is -0.219 e. The number of rotatable bonds is 7. The fourth-order valence-electron chi connectivity index (χ4n) is 1.69. The Balaban J connectivity index is 2.54. The zero-order valence-corrected chi connectivity index (χ0v) is 12.0. The summed E-state index contributed by atoms with van der Waals surface area (Å²) in [5.74, 6) is 0. The third-order valence-corrected chi connectivity index (χ3v) is 4.33. The first-order valence-electron chi connectivity index (χ1n) is 6.54. The summed E-state index contributed by atoms with van der Waals surface area (Å²) in [5, 5.41) is 1.34. The minimum atomic E-state index is -3.25. The summed E-state index contributed by atoms with van der Waals surface area (Å²) in [5.41, 5.74) is 1.07. The molecule has 1 aromatic carbocycles. The lowest BCUT2D eigenvalue weighted by molar-refractivity contribution is 0.604. The van der Waals surface area contributed by atoms with Crippen molar-refractivity contribution in [3.63, 3.8) is 0 Å². The van der Waals surface area contributed by atoms with Gasteiger partial charge in [-0.25, -0.2) is 8.42 Å². The van der Waals surface area contributed by atoms with Gasteiger partial charge in [-0.1, -0.05) is 50.0 Å². The van der Waals surface area contributed by atoms with Crippen molar-refractivity contribution in [2.45, 2.75) is 50.8 Å². The molecular weight excluding hydrogens is 244 g/mol. The summed E-state index contributed by atoms with van der Waals surface area (Å²) in [6.45, 7) is 4.11. The van der Waals surface area contributed by atoms with E-state index in [0.717, 1.165) is 18.4 Å². The Morgan fingerprint density at radius 3 is 2.33 bits per heavy atom. The van der Waals surface area contributed by atoms with Crippen molar-refractivity contribution in [3.8, 4) is 0 Å². The molecule has 0 saturated carbocycles. The van der Waals surface area contributed by atoms with Crippen LogP contribution in [0.1, 0.15) is 44.6 Å². The lowest BCUT2D eigenvalue weighted by Gasteiger charge is -1.99. The van der Waals surface area contributed by atoms with E-state index < -0.39 is 9.84 Å². The first-order valence-corrected chi connectivity index (χ1v) is 8.09. The summed E-state index contributed by atoms with van der Waals surface area (Å²) in [6, 6.07) is 6.96. The molecule has 0 fully saturated rings. The van der Waals surface area contributed by atoms with Crippen LogP contribution >= 0.6 is 0 Å². The summed E-state index contributed by atoms with van der Waals surface area (Å²) >= 11 is 0. The maximum atomic E-state index is 11.9. The van der Waals surface area contributed by atoms with Crippen molar-refractivity contribution in [3.05, 3.63) is 41.3 Å². The predicted octanol–water partition coefficient (Wildman–Crippen LogP) is 4.25. The highest BCUT2D eigenvalue weighted by atomic mass is 32.2. The molecule has 0 bridgehead atoms. The van der Waals surface area contributed by atoms with E-state index in [1.807, 2.05) is 19.1 Å². The van der Waals surface area contributed by atoms with Crippen LogP contribution in [0.4, 0.5) is 0 Å². The number of aryl methyl sites for hydroxylation is 1. The number of hydrogen-bond donors (Lipinski definition) is 0. The molecule has 0 saturated heterocycles. The number of benzene rings is 1. The first kappa shape index (κ1) is 15.0. The molecule has 18 heavy (non-hydrogen) atoms. The molecule has 0 spiro atoms. The SMILES string of the molecule is CCCCCC/C=C/S(=O)(=O)c1ccc(C)cc1. The molecule has 1 aromatic rings. The third kappa shape index (κ3) is 5.05. The Kier molecular flexibility index (Phi) is 6.13. The Labute approximate surface area is 111 Å². The second-order valence-electron chi connectivity index (χ2n) is 4.58. The third-order valence-electron chi connectivity index (χ3n) is 2.85. The smallest absolute Gasteiger partial charge is 0.199 e. The Morgan fingerprint density at radius 1 is 1.06 bits per heavy atom. The summed E-state index contributed by atoms with van der Waals surface area (Å²) in [7, 11) is -3.25. The zero-order valence-electron chi connectivity index (χ0n) is 11.2. The second-order valence-corrected chi connectivity index (χ2v) is 6.41. The van der Waals surface area contributed by atoms with Crippen molar-refractivity contribution in [1.82, 2.24) is 0 Å². The average molecular weight is 266 g/mol. The Hall–Kier alpha value is -1.09. The van der Waals surface area contributed by atoms with Gasteiger partial charge < -0.3 is 0 Å². The predicted molar refractivity (Wildman–Crippen MR) is 76.3 cm³/mol. The van der Waals surface area contributed by atoms with E-state index in [1.54, 1.807) is 18.2 Å². The average Bonchev–Trinajstić information content (AvgIpc) is 2.34. The summed E-state index contributed by atoms with van der Waals surface area (Å²) < 4.78 is 23.9. The normalized spacial score (nSPS) is 12.1. The fraction of sp³-hybridized carbons (Fsp3) is 0.467. The van der Waals surface area contributed by atoms with Crippen LogP contribution in [0.5, 0.6) is 0 Å². The van der Waals surface area contributed by atoms with E-state index in [4.69, 9.17) is 0 Å². The van der Waals surface area contributed by atoms with Gasteiger partial charge in [0.05, 0.1) is 4.90 Å². The number of unbranched alkanes of at least 4 members (excludes halogenated alkanes) is 4. The van der Waals surface area contributed by atoms with Gasteiger partial charge in [0.1, 0.15) is 0 Å². The highest BCUT2D eigenvalue weighted by Crippen LogP contribution is 2.14. The van der Waals surface area contributed by atoms with Gasteiger partial charge in [-0.05, 0) is 31.9 Å². The van der Waals surface area contributed by atoms with E-state index in [1.165, 1.54) is 24.7 Å². The van der Waals surface area contributed by atoms with Gasteiger partial charge in [-0.3, -0.25) is 0 Å². The van der Waals surface area contributed by atoms with E-state index in [2.05, 4.69) is 6.92 Å². The highest BCUT2D eigenvalue weighted by molar-refractivity contribution is 7.94. The van der Waals surface area contributed by atoms with Gasteiger partial charge in [-0.2, -0.15) is 0 Å². The maximum absolute atomic E-state index is 11.9. The Morgan fingerprint density at radius 2 is 1.72 bits per heavy atom. The van der Waals surface area contributed by atoms with Crippen molar-refractivity contribution < 1.29 is 8.42 Å². The number of allylic oxidation sites excluding steroid dienone is 1. The van der Waals surface area contributed by atoms with Gasteiger partial charge >= 0.3 is 0 Å². The van der Waals surface area contributed by atoms with Crippen molar-refractivity contribution in [2.24, 2.45) is 0 Å². The molecule has 0 aliphatic rings. The van der Waals surface area contributed by atoms with E-state index in [0.29, 0.717) is 4.90 Å². The summed E-state index contributed by atoms with van der Waals surface area (Å²) in [4.78, 5) is 0.373. The lowest BCUT2D eigenvalue weighted by Crippen LogP contribution is -1.95. The fourth-order valence-corrected chi connectivity index (χ4v) is 2.75. The summed E-state index contributed by atoms with van der Waals surface area (Å²) in [6.07, 6.45) is 7.26. The molecule has 0 amide bonds. The quantitative estimate of drug-likeness (QED) is 0.691. The maximum Gasteiger partial charge on any atom is 0.199 e. The molecule has 0 atom stereocenters. The van der Waals surface area contributed by atoms with Crippen LogP contribution in [0.25, 0.3) is 0 Å². The molecule has 0 aliphatic heterocycles. The molecule has 2 nitrogen and oxygen atoms in total. The van der Waals surface area contributed by atoms with Gasteiger partial charge in [0, 0.05) is 5.41 Å².